The highest BCUT2D eigenvalue weighted by Gasteiger charge is 2.58. The SMILES string of the molecule is C[C@@H]1CC(O)C[C@@]2(C)C1CC[C@@]1(C)c3ccc4c(c3CCC21)CC(C)(C)CC4. The maximum atomic E-state index is 10.7. The molecular formula is C27H40O. The lowest BCUT2D eigenvalue weighted by molar-refractivity contribution is -0.114. The van der Waals surface area contributed by atoms with Crippen LogP contribution in [0.25, 0.3) is 0 Å². The average Bonchev–Trinajstić information content (AvgIpc) is 2.59. The zero-order valence-electron chi connectivity index (χ0n) is 18.8. The van der Waals surface area contributed by atoms with Gasteiger partial charge in [0.25, 0.3) is 0 Å². The Hall–Kier alpha value is -0.820. The van der Waals surface area contributed by atoms with Crippen molar-refractivity contribution in [3.05, 3.63) is 34.4 Å². The van der Waals surface area contributed by atoms with E-state index in [4.69, 9.17) is 0 Å². The second-order valence-electron chi connectivity index (χ2n) is 12.3. The zero-order chi connectivity index (χ0) is 19.9. The molecule has 2 saturated carbocycles. The molecule has 0 saturated heterocycles. The predicted molar refractivity (Wildman–Crippen MR) is 117 cm³/mol. The molecule has 0 aliphatic heterocycles. The predicted octanol–water partition coefficient (Wildman–Crippen LogP) is 6.23. The Bertz CT molecular complexity index is 792. The fraction of sp³-hybridized carbons (Fsp3) is 0.778. The molecule has 0 bridgehead atoms. The minimum Gasteiger partial charge on any atom is -0.393 e. The Balaban J connectivity index is 1.59. The van der Waals surface area contributed by atoms with E-state index in [2.05, 4.69) is 46.8 Å². The van der Waals surface area contributed by atoms with Gasteiger partial charge in [-0.05, 0) is 114 Å². The van der Waals surface area contributed by atoms with Gasteiger partial charge in [-0.25, -0.2) is 0 Å². The smallest absolute Gasteiger partial charge is 0.0548 e. The largest absolute Gasteiger partial charge is 0.393 e. The van der Waals surface area contributed by atoms with Gasteiger partial charge >= 0.3 is 0 Å². The van der Waals surface area contributed by atoms with Gasteiger partial charge < -0.3 is 5.11 Å². The Morgan fingerprint density at radius 3 is 2.54 bits per heavy atom. The van der Waals surface area contributed by atoms with E-state index in [1.54, 1.807) is 22.3 Å². The van der Waals surface area contributed by atoms with E-state index in [0.717, 1.165) is 24.7 Å². The second-order valence-corrected chi connectivity index (χ2v) is 12.3. The van der Waals surface area contributed by atoms with Crippen molar-refractivity contribution in [3.8, 4) is 0 Å². The van der Waals surface area contributed by atoms with Crippen LogP contribution >= 0.6 is 0 Å². The van der Waals surface area contributed by atoms with Gasteiger partial charge in [-0.1, -0.05) is 46.8 Å². The summed E-state index contributed by atoms with van der Waals surface area (Å²) in [5.74, 6) is 2.19. The average molecular weight is 381 g/mol. The van der Waals surface area contributed by atoms with Gasteiger partial charge in [-0.2, -0.15) is 0 Å². The summed E-state index contributed by atoms with van der Waals surface area (Å²) in [6, 6.07) is 5.02. The zero-order valence-corrected chi connectivity index (χ0v) is 18.8. The minimum absolute atomic E-state index is 0.0932. The van der Waals surface area contributed by atoms with Crippen LogP contribution < -0.4 is 0 Å². The fourth-order valence-corrected chi connectivity index (χ4v) is 8.67. The molecule has 5 rings (SSSR count). The third-order valence-electron chi connectivity index (χ3n) is 9.95. The van der Waals surface area contributed by atoms with E-state index < -0.39 is 0 Å². The summed E-state index contributed by atoms with van der Waals surface area (Å²) in [5.41, 5.74) is 7.83. The Kier molecular flexibility index (Phi) is 4.17. The van der Waals surface area contributed by atoms with Crippen LogP contribution in [0.1, 0.15) is 95.4 Å². The molecule has 154 valence electrons. The van der Waals surface area contributed by atoms with Crippen molar-refractivity contribution in [3.63, 3.8) is 0 Å². The molecule has 2 fully saturated rings. The van der Waals surface area contributed by atoms with Crippen molar-refractivity contribution in [2.45, 2.75) is 104 Å². The highest BCUT2D eigenvalue weighted by Crippen LogP contribution is 2.64. The molecule has 0 aromatic heterocycles. The standard InChI is InChI=1S/C27H40O/c1-17-14-19(28)15-27(5)22(17)11-13-26(4)23-8-6-18-10-12-25(2,3)16-21(18)20(23)7-9-24(26)27/h6,8,17,19,22,24,28H,7,9-16H2,1-5H3/t17-,19?,22?,24?,26+,27+/m1/s1. The number of rotatable bonds is 0. The van der Waals surface area contributed by atoms with Crippen LogP contribution in [0.5, 0.6) is 0 Å². The maximum Gasteiger partial charge on any atom is 0.0548 e. The highest BCUT2D eigenvalue weighted by atomic mass is 16.3. The van der Waals surface area contributed by atoms with Gasteiger partial charge in [0.05, 0.1) is 6.10 Å². The highest BCUT2D eigenvalue weighted by molar-refractivity contribution is 5.49. The summed E-state index contributed by atoms with van der Waals surface area (Å²) >= 11 is 0. The van der Waals surface area contributed by atoms with E-state index in [1.807, 2.05) is 0 Å². The molecule has 4 aliphatic rings. The lowest BCUT2D eigenvalue weighted by Crippen LogP contribution is -2.57. The number of aliphatic hydroxyl groups excluding tert-OH is 1. The van der Waals surface area contributed by atoms with Crippen LogP contribution in [-0.4, -0.2) is 11.2 Å². The van der Waals surface area contributed by atoms with Crippen LogP contribution in [0.15, 0.2) is 12.1 Å². The van der Waals surface area contributed by atoms with Gasteiger partial charge in [0.1, 0.15) is 0 Å². The third kappa shape index (κ3) is 2.60. The lowest BCUT2D eigenvalue weighted by atomic mass is 9.42. The summed E-state index contributed by atoms with van der Waals surface area (Å²) < 4.78 is 0. The fourth-order valence-electron chi connectivity index (χ4n) is 8.67. The molecule has 1 nitrogen and oxygen atoms in total. The van der Waals surface area contributed by atoms with Crippen molar-refractivity contribution in [2.24, 2.45) is 28.6 Å². The van der Waals surface area contributed by atoms with Gasteiger partial charge in [0.2, 0.25) is 0 Å². The molecule has 1 N–H and O–H groups in total. The Morgan fingerprint density at radius 1 is 0.964 bits per heavy atom. The first-order valence-electron chi connectivity index (χ1n) is 12.0. The first-order chi connectivity index (χ1) is 13.1. The minimum atomic E-state index is -0.0932. The number of aliphatic hydroxyl groups is 1. The molecule has 0 amide bonds. The second kappa shape index (κ2) is 6.10. The van der Waals surface area contributed by atoms with E-state index in [9.17, 15) is 5.11 Å². The monoisotopic (exact) mass is 380 g/mol. The number of hydrogen-bond acceptors (Lipinski definition) is 1. The number of hydrogen-bond donors (Lipinski definition) is 1. The molecule has 0 spiro atoms. The molecule has 28 heavy (non-hydrogen) atoms. The van der Waals surface area contributed by atoms with E-state index in [1.165, 1.54) is 44.9 Å². The molecule has 0 radical (unpaired) electrons. The molecule has 0 heterocycles. The van der Waals surface area contributed by atoms with E-state index >= 15 is 0 Å². The van der Waals surface area contributed by atoms with Crippen molar-refractivity contribution in [2.75, 3.05) is 0 Å². The quantitative estimate of drug-likeness (QED) is 0.566. The summed E-state index contributed by atoms with van der Waals surface area (Å²) in [6.45, 7) is 12.5. The molecule has 3 unspecified atom stereocenters. The van der Waals surface area contributed by atoms with Gasteiger partial charge in [0.15, 0.2) is 0 Å². The Morgan fingerprint density at radius 2 is 1.75 bits per heavy atom. The van der Waals surface area contributed by atoms with E-state index in [0.29, 0.717) is 22.2 Å². The van der Waals surface area contributed by atoms with Crippen LogP contribution in [-0.2, 0) is 24.7 Å². The van der Waals surface area contributed by atoms with E-state index in [-0.39, 0.29) is 6.10 Å². The first kappa shape index (κ1) is 19.2. The van der Waals surface area contributed by atoms with Gasteiger partial charge in [-0.15, -0.1) is 0 Å². The summed E-state index contributed by atoms with van der Waals surface area (Å²) in [7, 11) is 0. The molecule has 1 aromatic rings. The number of benzene rings is 1. The molecule has 1 aromatic carbocycles. The van der Waals surface area contributed by atoms with Gasteiger partial charge in [-0.3, -0.25) is 0 Å². The topological polar surface area (TPSA) is 20.2 Å². The van der Waals surface area contributed by atoms with Crippen LogP contribution in [0, 0.1) is 28.6 Å². The first-order valence-corrected chi connectivity index (χ1v) is 12.0. The summed E-state index contributed by atoms with van der Waals surface area (Å²) in [6.07, 6.45) is 11.1. The molecular weight excluding hydrogens is 340 g/mol. The van der Waals surface area contributed by atoms with Crippen molar-refractivity contribution < 1.29 is 5.11 Å². The Labute approximate surface area is 172 Å². The van der Waals surface area contributed by atoms with Crippen molar-refractivity contribution >= 4 is 0 Å². The summed E-state index contributed by atoms with van der Waals surface area (Å²) in [4.78, 5) is 0. The summed E-state index contributed by atoms with van der Waals surface area (Å²) in [5, 5.41) is 10.7. The lowest BCUT2D eigenvalue weighted by Gasteiger charge is -2.62. The van der Waals surface area contributed by atoms with Crippen molar-refractivity contribution in [1.82, 2.24) is 0 Å². The number of aryl methyl sites for hydroxylation is 1. The number of fused-ring (bicyclic) bond motifs is 7. The molecule has 4 aliphatic carbocycles. The van der Waals surface area contributed by atoms with Crippen LogP contribution in [0.3, 0.4) is 0 Å². The normalized spacial score (nSPS) is 44.1. The molecule has 6 atom stereocenters. The van der Waals surface area contributed by atoms with Gasteiger partial charge in [0, 0.05) is 0 Å². The third-order valence-corrected chi connectivity index (χ3v) is 9.95. The van der Waals surface area contributed by atoms with Crippen LogP contribution in [0.4, 0.5) is 0 Å². The van der Waals surface area contributed by atoms with Crippen molar-refractivity contribution in [1.29, 1.82) is 0 Å². The maximum absolute atomic E-state index is 10.7. The molecule has 1 heteroatoms. The van der Waals surface area contributed by atoms with Crippen LogP contribution in [0.2, 0.25) is 0 Å².